The molecule has 0 aliphatic heterocycles. The number of hydrogen-bond acceptors (Lipinski definition) is 4. The number of aromatic nitrogens is 2. The van der Waals surface area contributed by atoms with Crippen LogP contribution in [-0.4, -0.2) is 29.1 Å². The molecule has 0 radical (unpaired) electrons. The third-order valence-corrected chi connectivity index (χ3v) is 2.94. The number of hydrogen-bond donors (Lipinski definition) is 1. The first-order valence-electron chi connectivity index (χ1n) is 6.86. The third-order valence-electron chi connectivity index (χ3n) is 2.94. The molecule has 0 saturated carbocycles. The number of rotatable bonds is 6. The SMILES string of the molecule is CCCN(c1nc(C)nc(NCC)c1C)C(C)C. The third kappa shape index (κ3) is 3.34. The maximum atomic E-state index is 4.63. The smallest absolute Gasteiger partial charge is 0.137 e. The van der Waals surface area contributed by atoms with E-state index in [0.717, 1.165) is 42.5 Å². The highest BCUT2D eigenvalue weighted by Crippen LogP contribution is 2.25. The van der Waals surface area contributed by atoms with E-state index in [1.165, 1.54) is 0 Å². The quantitative estimate of drug-likeness (QED) is 0.842. The minimum atomic E-state index is 0.451. The van der Waals surface area contributed by atoms with E-state index in [1.807, 2.05) is 6.92 Å². The molecule has 1 heterocycles. The molecule has 4 heteroatoms. The Hall–Kier alpha value is -1.32. The lowest BCUT2D eigenvalue weighted by Gasteiger charge is -2.29. The van der Waals surface area contributed by atoms with Gasteiger partial charge in [-0.15, -0.1) is 0 Å². The molecular weight excluding hydrogens is 224 g/mol. The predicted octanol–water partition coefficient (Wildman–Crippen LogP) is 3.15. The first-order valence-corrected chi connectivity index (χ1v) is 6.86. The van der Waals surface area contributed by atoms with E-state index in [1.54, 1.807) is 0 Å². The van der Waals surface area contributed by atoms with Gasteiger partial charge in [0.05, 0.1) is 0 Å². The summed E-state index contributed by atoms with van der Waals surface area (Å²) in [5, 5.41) is 3.32. The summed E-state index contributed by atoms with van der Waals surface area (Å²) in [6.07, 6.45) is 1.12. The van der Waals surface area contributed by atoms with Crippen molar-refractivity contribution in [3.8, 4) is 0 Å². The van der Waals surface area contributed by atoms with Crippen LogP contribution in [0.2, 0.25) is 0 Å². The normalized spacial score (nSPS) is 10.8. The van der Waals surface area contributed by atoms with Gasteiger partial charge in [-0.2, -0.15) is 0 Å². The Morgan fingerprint density at radius 2 is 1.83 bits per heavy atom. The molecular formula is C14H26N4. The van der Waals surface area contributed by atoms with E-state index in [-0.39, 0.29) is 0 Å². The molecule has 102 valence electrons. The highest BCUT2D eigenvalue weighted by atomic mass is 15.2. The number of nitrogens with one attached hydrogen (secondary N) is 1. The second-order valence-corrected chi connectivity index (χ2v) is 4.89. The van der Waals surface area contributed by atoms with Gasteiger partial charge in [0.2, 0.25) is 0 Å². The van der Waals surface area contributed by atoms with Crippen LogP contribution >= 0.6 is 0 Å². The molecule has 1 rings (SSSR count). The molecule has 0 unspecified atom stereocenters. The molecule has 0 amide bonds. The highest BCUT2D eigenvalue weighted by Gasteiger charge is 2.17. The van der Waals surface area contributed by atoms with Crippen molar-refractivity contribution in [2.45, 2.75) is 54.0 Å². The standard InChI is InChI=1S/C14H26N4/c1-7-9-18(10(3)4)14-11(5)13(15-8-2)16-12(6)17-14/h10H,7-9H2,1-6H3,(H,15,16,17). The van der Waals surface area contributed by atoms with Crippen LogP contribution in [0.15, 0.2) is 0 Å². The molecule has 1 N–H and O–H groups in total. The Morgan fingerprint density at radius 1 is 1.17 bits per heavy atom. The van der Waals surface area contributed by atoms with E-state index in [4.69, 9.17) is 0 Å². The van der Waals surface area contributed by atoms with Crippen LogP contribution in [0.3, 0.4) is 0 Å². The monoisotopic (exact) mass is 250 g/mol. The van der Waals surface area contributed by atoms with Gasteiger partial charge >= 0.3 is 0 Å². The lowest BCUT2D eigenvalue weighted by molar-refractivity contribution is 0.657. The number of aryl methyl sites for hydroxylation is 1. The van der Waals surface area contributed by atoms with E-state index in [0.29, 0.717) is 6.04 Å². The second kappa shape index (κ2) is 6.57. The average molecular weight is 250 g/mol. The molecule has 0 spiro atoms. The van der Waals surface area contributed by atoms with E-state index in [9.17, 15) is 0 Å². The van der Waals surface area contributed by atoms with Crippen LogP contribution in [0.1, 0.15) is 45.5 Å². The van der Waals surface area contributed by atoms with Gasteiger partial charge < -0.3 is 10.2 Å². The molecule has 0 bridgehead atoms. The number of anilines is 2. The van der Waals surface area contributed by atoms with Gasteiger partial charge in [-0.25, -0.2) is 9.97 Å². The van der Waals surface area contributed by atoms with Crippen molar-refractivity contribution in [1.29, 1.82) is 0 Å². The zero-order chi connectivity index (χ0) is 13.7. The summed E-state index contributed by atoms with van der Waals surface area (Å²) in [5.74, 6) is 2.85. The molecule has 4 nitrogen and oxygen atoms in total. The van der Waals surface area contributed by atoms with Crippen molar-refractivity contribution < 1.29 is 0 Å². The fourth-order valence-electron chi connectivity index (χ4n) is 2.08. The van der Waals surface area contributed by atoms with Crippen molar-refractivity contribution in [2.75, 3.05) is 23.3 Å². The van der Waals surface area contributed by atoms with Crippen LogP contribution < -0.4 is 10.2 Å². The van der Waals surface area contributed by atoms with Gasteiger partial charge in [0.1, 0.15) is 17.5 Å². The Bertz CT molecular complexity index is 388. The summed E-state index contributed by atoms with van der Waals surface area (Å²) < 4.78 is 0. The molecule has 0 fully saturated rings. The van der Waals surface area contributed by atoms with E-state index < -0.39 is 0 Å². The zero-order valence-electron chi connectivity index (χ0n) is 12.5. The summed E-state index contributed by atoms with van der Waals surface area (Å²) in [4.78, 5) is 11.5. The Kier molecular flexibility index (Phi) is 5.38. The fourth-order valence-corrected chi connectivity index (χ4v) is 2.08. The van der Waals surface area contributed by atoms with Crippen LogP contribution in [0.25, 0.3) is 0 Å². The molecule has 1 aromatic heterocycles. The van der Waals surface area contributed by atoms with Crippen molar-refractivity contribution in [1.82, 2.24) is 9.97 Å². The van der Waals surface area contributed by atoms with Crippen molar-refractivity contribution in [3.05, 3.63) is 11.4 Å². The molecule has 0 aromatic carbocycles. The lowest BCUT2D eigenvalue weighted by Crippen LogP contribution is -2.33. The minimum absolute atomic E-state index is 0.451. The molecule has 1 aromatic rings. The Balaban J connectivity index is 3.20. The summed E-state index contributed by atoms with van der Waals surface area (Å²) in [6, 6.07) is 0.451. The van der Waals surface area contributed by atoms with Crippen LogP contribution in [0.5, 0.6) is 0 Å². The topological polar surface area (TPSA) is 41.1 Å². The maximum absolute atomic E-state index is 4.63. The van der Waals surface area contributed by atoms with Gasteiger partial charge in [-0.05, 0) is 41.0 Å². The Labute approximate surface area is 111 Å². The largest absolute Gasteiger partial charge is 0.370 e. The number of nitrogens with zero attached hydrogens (tertiary/aromatic N) is 3. The van der Waals surface area contributed by atoms with Gasteiger partial charge in [0.25, 0.3) is 0 Å². The Morgan fingerprint density at radius 3 is 2.33 bits per heavy atom. The van der Waals surface area contributed by atoms with E-state index in [2.05, 4.69) is 54.8 Å². The lowest BCUT2D eigenvalue weighted by atomic mass is 10.2. The van der Waals surface area contributed by atoms with Crippen molar-refractivity contribution in [3.63, 3.8) is 0 Å². The highest BCUT2D eigenvalue weighted by molar-refractivity contribution is 5.59. The van der Waals surface area contributed by atoms with Gasteiger partial charge in [-0.1, -0.05) is 6.92 Å². The second-order valence-electron chi connectivity index (χ2n) is 4.89. The average Bonchev–Trinajstić information content (AvgIpc) is 2.30. The molecule has 0 atom stereocenters. The zero-order valence-corrected chi connectivity index (χ0v) is 12.5. The molecule has 0 aliphatic rings. The van der Waals surface area contributed by atoms with Crippen molar-refractivity contribution in [2.24, 2.45) is 0 Å². The predicted molar refractivity (Wildman–Crippen MR) is 78.4 cm³/mol. The minimum Gasteiger partial charge on any atom is -0.370 e. The molecule has 0 saturated heterocycles. The molecule has 18 heavy (non-hydrogen) atoms. The van der Waals surface area contributed by atoms with Crippen molar-refractivity contribution >= 4 is 11.6 Å². The van der Waals surface area contributed by atoms with Crippen LogP contribution in [-0.2, 0) is 0 Å². The fraction of sp³-hybridized carbons (Fsp3) is 0.714. The van der Waals surface area contributed by atoms with E-state index >= 15 is 0 Å². The molecule has 0 aliphatic carbocycles. The maximum Gasteiger partial charge on any atom is 0.137 e. The summed E-state index contributed by atoms with van der Waals surface area (Å²) in [7, 11) is 0. The van der Waals surface area contributed by atoms with Gasteiger partial charge in [0, 0.05) is 24.7 Å². The summed E-state index contributed by atoms with van der Waals surface area (Å²) in [5.41, 5.74) is 1.14. The first kappa shape index (κ1) is 14.7. The van der Waals surface area contributed by atoms with Crippen LogP contribution in [0.4, 0.5) is 11.6 Å². The van der Waals surface area contributed by atoms with Gasteiger partial charge in [0.15, 0.2) is 0 Å². The van der Waals surface area contributed by atoms with Gasteiger partial charge in [-0.3, -0.25) is 0 Å². The van der Waals surface area contributed by atoms with Crippen LogP contribution in [0, 0.1) is 13.8 Å². The first-order chi connectivity index (χ1) is 8.51. The summed E-state index contributed by atoms with van der Waals surface area (Å²) in [6.45, 7) is 14.7. The summed E-state index contributed by atoms with van der Waals surface area (Å²) >= 11 is 0.